The number of nitro groups is 1. The van der Waals surface area contributed by atoms with Gasteiger partial charge in [-0.15, -0.1) is 0 Å². The number of nitrogens with zero attached hydrogens (tertiary/aromatic N) is 1. The van der Waals surface area contributed by atoms with Gasteiger partial charge in [0.2, 0.25) is 0 Å². The van der Waals surface area contributed by atoms with Crippen molar-refractivity contribution in [2.75, 3.05) is 0 Å². The zero-order chi connectivity index (χ0) is 18.0. The summed E-state index contributed by atoms with van der Waals surface area (Å²) in [5.41, 5.74) is 5.84. The summed E-state index contributed by atoms with van der Waals surface area (Å²) in [6.45, 7) is 0. The summed E-state index contributed by atoms with van der Waals surface area (Å²) in [4.78, 5) is 34.4. The first-order chi connectivity index (χ1) is 12.0. The van der Waals surface area contributed by atoms with Crippen molar-refractivity contribution in [1.29, 1.82) is 0 Å². The van der Waals surface area contributed by atoms with Gasteiger partial charge < -0.3 is 15.5 Å². The average Bonchev–Trinajstić information content (AvgIpc) is 2.60. The Morgan fingerprint density at radius 2 is 1.84 bits per heavy atom. The van der Waals surface area contributed by atoms with Crippen LogP contribution in [0, 0.1) is 10.1 Å². The Balaban J connectivity index is 2.13. The molecule has 3 aromatic rings. The molecule has 0 saturated heterocycles. The molecule has 0 aliphatic carbocycles. The van der Waals surface area contributed by atoms with Crippen LogP contribution >= 0.6 is 0 Å². The maximum absolute atomic E-state index is 12.7. The van der Waals surface area contributed by atoms with E-state index in [1.54, 1.807) is 24.3 Å². The molecule has 0 fully saturated rings. The highest BCUT2D eigenvalue weighted by atomic mass is 16.6. The molecule has 2 amide bonds. The number of hydrogen-bond donors (Lipinski definition) is 2. The molecule has 2 aromatic carbocycles. The number of primary amides is 1. The van der Waals surface area contributed by atoms with Crippen LogP contribution in [0.25, 0.3) is 11.0 Å². The number of rotatable bonds is 4. The van der Waals surface area contributed by atoms with Gasteiger partial charge in [-0.2, -0.15) is 0 Å². The van der Waals surface area contributed by atoms with Gasteiger partial charge in [-0.25, -0.2) is 4.79 Å². The number of amides is 2. The molecule has 1 heterocycles. The van der Waals surface area contributed by atoms with Crippen LogP contribution in [0.4, 0.5) is 10.5 Å². The first-order valence-electron chi connectivity index (χ1n) is 7.28. The summed E-state index contributed by atoms with van der Waals surface area (Å²) < 4.78 is 5.47. The van der Waals surface area contributed by atoms with E-state index in [1.165, 1.54) is 30.5 Å². The van der Waals surface area contributed by atoms with Gasteiger partial charge in [0, 0.05) is 12.1 Å². The highest BCUT2D eigenvalue weighted by Gasteiger charge is 2.21. The number of benzene rings is 2. The SMILES string of the molecule is NC(=O)NC(c1ccc([N+](=O)[O-])cc1)c1coc2ccccc2c1=O. The Bertz CT molecular complexity index is 1010. The maximum atomic E-state index is 12.7. The number of nitrogens with two attached hydrogens (primary N) is 1. The summed E-state index contributed by atoms with van der Waals surface area (Å²) in [5, 5.41) is 13.6. The van der Waals surface area contributed by atoms with Crippen molar-refractivity contribution in [3.05, 3.63) is 86.3 Å². The first kappa shape index (κ1) is 16.2. The molecule has 1 atom stereocenters. The van der Waals surface area contributed by atoms with Gasteiger partial charge in [-0.05, 0) is 29.8 Å². The van der Waals surface area contributed by atoms with Crippen molar-refractivity contribution in [1.82, 2.24) is 5.32 Å². The minimum absolute atomic E-state index is 0.105. The molecule has 0 aliphatic rings. The molecular weight excluding hydrogens is 326 g/mol. The third kappa shape index (κ3) is 3.18. The zero-order valence-corrected chi connectivity index (χ0v) is 12.8. The number of nitrogens with one attached hydrogen (secondary N) is 1. The quantitative estimate of drug-likeness (QED) is 0.557. The van der Waals surface area contributed by atoms with Crippen LogP contribution in [-0.4, -0.2) is 11.0 Å². The van der Waals surface area contributed by atoms with Crippen molar-refractivity contribution in [3.63, 3.8) is 0 Å². The third-order valence-electron chi connectivity index (χ3n) is 3.74. The van der Waals surface area contributed by atoms with Crippen LogP contribution in [0.15, 0.2) is 64.0 Å². The smallest absolute Gasteiger partial charge is 0.312 e. The number of urea groups is 1. The second-order valence-corrected chi connectivity index (χ2v) is 5.31. The van der Waals surface area contributed by atoms with Crippen LogP contribution in [0.1, 0.15) is 17.2 Å². The van der Waals surface area contributed by atoms with E-state index in [1.807, 2.05) is 0 Å². The fourth-order valence-electron chi connectivity index (χ4n) is 2.56. The number of para-hydroxylation sites is 1. The molecule has 3 N–H and O–H groups in total. The molecule has 0 spiro atoms. The summed E-state index contributed by atoms with van der Waals surface area (Å²) in [5.74, 6) is 0. The van der Waals surface area contributed by atoms with Gasteiger partial charge >= 0.3 is 6.03 Å². The molecule has 0 aliphatic heterocycles. The lowest BCUT2D eigenvalue weighted by Crippen LogP contribution is -2.36. The zero-order valence-electron chi connectivity index (χ0n) is 12.8. The van der Waals surface area contributed by atoms with Crippen molar-refractivity contribution in [3.8, 4) is 0 Å². The lowest BCUT2D eigenvalue weighted by Gasteiger charge is -2.17. The molecule has 126 valence electrons. The van der Waals surface area contributed by atoms with E-state index >= 15 is 0 Å². The lowest BCUT2D eigenvalue weighted by molar-refractivity contribution is -0.384. The van der Waals surface area contributed by atoms with Crippen LogP contribution in [0.3, 0.4) is 0 Å². The molecule has 0 radical (unpaired) electrons. The minimum atomic E-state index is -0.890. The van der Waals surface area contributed by atoms with Crippen molar-refractivity contribution >= 4 is 22.7 Å². The Morgan fingerprint density at radius 3 is 2.48 bits per heavy atom. The highest BCUT2D eigenvalue weighted by Crippen LogP contribution is 2.24. The summed E-state index contributed by atoms with van der Waals surface area (Å²) in [6, 6.07) is 10.5. The summed E-state index contributed by atoms with van der Waals surface area (Å²) >= 11 is 0. The predicted molar refractivity (Wildman–Crippen MR) is 90.1 cm³/mol. The van der Waals surface area contributed by atoms with E-state index in [2.05, 4.69) is 5.32 Å². The van der Waals surface area contributed by atoms with Crippen LogP contribution in [-0.2, 0) is 0 Å². The number of carbonyl (C=O) groups is 1. The van der Waals surface area contributed by atoms with Crippen LogP contribution in [0.2, 0.25) is 0 Å². The van der Waals surface area contributed by atoms with Gasteiger partial charge in [0.25, 0.3) is 5.69 Å². The number of fused-ring (bicyclic) bond motifs is 1. The Kier molecular flexibility index (Phi) is 4.17. The molecule has 1 aromatic heterocycles. The molecule has 3 rings (SSSR count). The van der Waals surface area contributed by atoms with E-state index in [0.717, 1.165) is 0 Å². The van der Waals surface area contributed by atoms with Crippen LogP contribution < -0.4 is 16.5 Å². The van der Waals surface area contributed by atoms with Crippen molar-refractivity contribution in [2.45, 2.75) is 6.04 Å². The number of nitro benzene ring substituents is 1. The largest absolute Gasteiger partial charge is 0.464 e. The van der Waals surface area contributed by atoms with E-state index in [0.29, 0.717) is 16.5 Å². The number of hydrogen-bond acceptors (Lipinski definition) is 5. The standard InChI is InChI=1S/C17H13N3O5/c18-17(22)19-15(10-5-7-11(8-6-10)20(23)24)13-9-25-14-4-2-1-3-12(14)16(13)21/h1-9,15H,(H3,18,19,22). The summed E-state index contributed by atoms with van der Waals surface area (Å²) in [6.07, 6.45) is 1.26. The monoisotopic (exact) mass is 339 g/mol. The second-order valence-electron chi connectivity index (χ2n) is 5.31. The van der Waals surface area contributed by atoms with Crippen LogP contribution in [0.5, 0.6) is 0 Å². The van der Waals surface area contributed by atoms with Gasteiger partial charge in [0.05, 0.1) is 21.9 Å². The molecule has 8 nitrogen and oxygen atoms in total. The topological polar surface area (TPSA) is 128 Å². The van der Waals surface area contributed by atoms with Gasteiger partial charge in [0.15, 0.2) is 5.43 Å². The van der Waals surface area contributed by atoms with Gasteiger partial charge in [-0.3, -0.25) is 14.9 Å². The Hall–Kier alpha value is -3.68. The fraction of sp³-hybridized carbons (Fsp3) is 0.0588. The number of carbonyl (C=O) groups excluding carboxylic acids is 1. The van der Waals surface area contributed by atoms with Gasteiger partial charge in [-0.1, -0.05) is 12.1 Å². The second kappa shape index (κ2) is 6.44. The Labute approximate surface area is 141 Å². The maximum Gasteiger partial charge on any atom is 0.312 e. The minimum Gasteiger partial charge on any atom is -0.464 e. The van der Waals surface area contributed by atoms with E-state index in [-0.39, 0.29) is 16.7 Å². The lowest BCUT2D eigenvalue weighted by atomic mass is 9.98. The van der Waals surface area contributed by atoms with E-state index < -0.39 is 17.0 Å². The molecule has 8 heteroatoms. The highest BCUT2D eigenvalue weighted by molar-refractivity contribution is 5.77. The predicted octanol–water partition coefficient (Wildman–Crippen LogP) is 2.46. The summed E-state index contributed by atoms with van der Waals surface area (Å²) in [7, 11) is 0. The fourth-order valence-corrected chi connectivity index (χ4v) is 2.56. The van der Waals surface area contributed by atoms with Crippen molar-refractivity contribution < 1.29 is 14.1 Å². The Morgan fingerprint density at radius 1 is 1.16 bits per heavy atom. The molecular formula is C17H13N3O5. The molecule has 1 unspecified atom stereocenters. The van der Waals surface area contributed by atoms with Gasteiger partial charge in [0.1, 0.15) is 11.8 Å². The van der Waals surface area contributed by atoms with E-state index in [9.17, 15) is 19.7 Å². The average molecular weight is 339 g/mol. The molecule has 0 bridgehead atoms. The normalized spacial score (nSPS) is 11.8. The van der Waals surface area contributed by atoms with Crippen molar-refractivity contribution in [2.24, 2.45) is 5.73 Å². The number of non-ortho nitro benzene ring substituents is 1. The molecule has 25 heavy (non-hydrogen) atoms. The van der Waals surface area contributed by atoms with E-state index in [4.69, 9.17) is 10.2 Å². The molecule has 0 saturated carbocycles. The first-order valence-corrected chi connectivity index (χ1v) is 7.28. The third-order valence-corrected chi connectivity index (χ3v) is 3.74.